The van der Waals surface area contributed by atoms with Gasteiger partial charge in [-0.25, -0.2) is 4.98 Å². The summed E-state index contributed by atoms with van der Waals surface area (Å²) in [6.45, 7) is -0.382. The molecular formula is C12H12Cl2N2O4. The van der Waals surface area contributed by atoms with Crippen molar-refractivity contribution in [2.45, 2.75) is 24.4 Å². The summed E-state index contributed by atoms with van der Waals surface area (Å²) in [6.07, 6.45) is -4.01. The van der Waals surface area contributed by atoms with Crippen molar-refractivity contribution in [3.05, 3.63) is 28.0 Å². The van der Waals surface area contributed by atoms with Crippen LogP contribution in [0.15, 0.2) is 12.1 Å². The van der Waals surface area contributed by atoms with Crippen LogP contribution in [0.1, 0.15) is 11.9 Å². The highest BCUT2D eigenvalue weighted by atomic mass is 35.5. The summed E-state index contributed by atoms with van der Waals surface area (Å²) < 4.78 is 5.40. The fourth-order valence-electron chi connectivity index (χ4n) is 2.28. The number of aliphatic hydroxyl groups excluding tert-OH is 3. The first-order valence-corrected chi connectivity index (χ1v) is 6.74. The molecule has 0 spiro atoms. The lowest BCUT2D eigenvalue weighted by Crippen LogP contribution is -2.32. The number of nitrogens with zero attached hydrogens (tertiary/aromatic N) is 1. The molecule has 2 heterocycles. The lowest BCUT2D eigenvalue weighted by Gasteiger charge is -2.11. The number of aromatic nitrogens is 2. The average molecular weight is 319 g/mol. The van der Waals surface area contributed by atoms with E-state index < -0.39 is 24.4 Å². The predicted octanol–water partition coefficient (Wildman–Crippen LogP) is 1.02. The topological polar surface area (TPSA) is 98.6 Å². The first kappa shape index (κ1) is 14.1. The average Bonchev–Trinajstić information content (AvgIpc) is 2.93. The van der Waals surface area contributed by atoms with Crippen LogP contribution in [0.4, 0.5) is 0 Å². The Hall–Kier alpha value is -0.890. The molecule has 4 atom stereocenters. The van der Waals surface area contributed by atoms with Gasteiger partial charge < -0.3 is 25.0 Å². The maximum Gasteiger partial charge on any atom is 0.144 e. The number of hydrogen-bond donors (Lipinski definition) is 4. The zero-order chi connectivity index (χ0) is 14.4. The number of fused-ring (bicyclic) bond motifs is 1. The fourth-order valence-corrected chi connectivity index (χ4v) is 2.61. The molecule has 1 unspecified atom stereocenters. The van der Waals surface area contributed by atoms with Crippen molar-refractivity contribution >= 4 is 34.2 Å². The van der Waals surface area contributed by atoms with Gasteiger partial charge in [-0.05, 0) is 12.1 Å². The monoisotopic (exact) mass is 318 g/mol. The van der Waals surface area contributed by atoms with Gasteiger partial charge in [-0.1, -0.05) is 23.2 Å². The van der Waals surface area contributed by atoms with E-state index in [1.165, 1.54) is 0 Å². The molecule has 0 aliphatic carbocycles. The number of H-pyrrole nitrogens is 1. The largest absolute Gasteiger partial charge is 0.394 e. The Kier molecular flexibility index (Phi) is 3.62. The quantitative estimate of drug-likeness (QED) is 0.662. The third-order valence-corrected chi connectivity index (χ3v) is 4.08. The van der Waals surface area contributed by atoms with Gasteiger partial charge in [0, 0.05) is 0 Å². The molecule has 3 rings (SSSR count). The number of rotatable bonds is 2. The molecule has 108 valence electrons. The van der Waals surface area contributed by atoms with Crippen molar-refractivity contribution in [2.75, 3.05) is 6.61 Å². The predicted molar refractivity (Wildman–Crippen MR) is 72.8 cm³/mol. The van der Waals surface area contributed by atoms with Gasteiger partial charge in [0.25, 0.3) is 0 Å². The number of hydrogen-bond acceptors (Lipinski definition) is 5. The summed E-state index contributed by atoms with van der Waals surface area (Å²) >= 11 is 11.8. The van der Waals surface area contributed by atoms with Crippen LogP contribution in [0, 0.1) is 0 Å². The second-order valence-corrected chi connectivity index (χ2v) is 5.48. The fraction of sp³-hybridized carbons (Fsp3) is 0.417. The number of aromatic amines is 1. The molecule has 1 fully saturated rings. The standard InChI is InChI=1S/C12H12Cl2N2O4/c13-4-1-6-7(2-5(4)14)16-12(15-6)11-10(19)9(18)8(3-17)20-11/h1-2,8-11,17-19H,3H2,(H,15,16)/t8-,9-,10-,11?/m1/s1. The van der Waals surface area contributed by atoms with Gasteiger partial charge in [-0.15, -0.1) is 0 Å². The van der Waals surface area contributed by atoms with E-state index in [1.807, 2.05) is 0 Å². The lowest BCUT2D eigenvalue weighted by atomic mass is 10.1. The molecule has 0 bridgehead atoms. The van der Waals surface area contributed by atoms with E-state index in [4.69, 9.17) is 33.0 Å². The Morgan fingerprint density at radius 1 is 1.20 bits per heavy atom. The second-order valence-electron chi connectivity index (χ2n) is 4.66. The van der Waals surface area contributed by atoms with Crippen LogP contribution in [0.5, 0.6) is 0 Å². The summed E-state index contributed by atoms with van der Waals surface area (Å²) in [4.78, 5) is 7.24. The molecule has 8 heteroatoms. The highest BCUT2D eigenvalue weighted by Gasteiger charge is 2.44. The molecular weight excluding hydrogens is 307 g/mol. The van der Waals surface area contributed by atoms with Gasteiger partial charge in [-0.3, -0.25) is 0 Å². The molecule has 1 aromatic heterocycles. The molecule has 0 amide bonds. The van der Waals surface area contributed by atoms with Crippen LogP contribution in [0.2, 0.25) is 10.0 Å². The van der Waals surface area contributed by atoms with Crippen molar-refractivity contribution in [1.82, 2.24) is 9.97 Å². The Morgan fingerprint density at radius 3 is 2.55 bits per heavy atom. The van der Waals surface area contributed by atoms with Crippen LogP contribution in [0.3, 0.4) is 0 Å². The number of nitrogens with one attached hydrogen (secondary N) is 1. The Morgan fingerprint density at radius 2 is 1.90 bits per heavy atom. The smallest absolute Gasteiger partial charge is 0.144 e. The summed E-state index contributed by atoms with van der Waals surface area (Å²) in [7, 11) is 0. The van der Waals surface area contributed by atoms with E-state index in [1.54, 1.807) is 12.1 Å². The van der Waals surface area contributed by atoms with Crippen LogP contribution in [-0.2, 0) is 4.74 Å². The molecule has 1 aliphatic rings. The first-order chi connectivity index (χ1) is 9.51. The van der Waals surface area contributed by atoms with E-state index in [9.17, 15) is 10.2 Å². The van der Waals surface area contributed by atoms with Crippen molar-refractivity contribution in [1.29, 1.82) is 0 Å². The zero-order valence-electron chi connectivity index (χ0n) is 10.1. The molecule has 0 radical (unpaired) electrons. The van der Waals surface area contributed by atoms with E-state index in [2.05, 4.69) is 9.97 Å². The van der Waals surface area contributed by atoms with Gasteiger partial charge in [0.1, 0.15) is 30.2 Å². The molecule has 1 aliphatic heterocycles. The SMILES string of the molecule is OC[C@H]1OC(c2nc3cc(Cl)c(Cl)cc3[nH]2)[C@H](O)[C@@H]1O. The Labute approximate surface area is 123 Å². The third-order valence-electron chi connectivity index (χ3n) is 3.35. The maximum atomic E-state index is 9.95. The molecule has 1 saturated heterocycles. The zero-order valence-corrected chi connectivity index (χ0v) is 11.6. The number of ether oxygens (including phenoxy) is 1. The third kappa shape index (κ3) is 2.18. The van der Waals surface area contributed by atoms with Gasteiger partial charge in [0.05, 0.1) is 27.7 Å². The van der Waals surface area contributed by atoms with Crippen LogP contribution >= 0.6 is 23.2 Å². The second kappa shape index (κ2) is 5.14. The van der Waals surface area contributed by atoms with Gasteiger partial charge in [0.15, 0.2) is 0 Å². The lowest BCUT2D eigenvalue weighted by molar-refractivity contribution is -0.0249. The van der Waals surface area contributed by atoms with Crippen molar-refractivity contribution < 1.29 is 20.1 Å². The Balaban J connectivity index is 1.99. The van der Waals surface area contributed by atoms with Gasteiger partial charge in [0.2, 0.25) is 0 Å². The highest BCUT2D eigenvalue weighted by molar-refractivity contribution is 6.42. The molecule has 6 nitrogen and oxygen atoms in total. The minimum absolute atomic E-state index is 0.348. The number of aliphatic hydroxyl groups is 3. The van der Waals surface area contributed by atoms with Crippen LogP contribution in [0.25, 0.3) is 11.0 Å². The normalized spacial score (nSPS) is 30.2. The van der Waals surface area contributed by atoms with E-state index >= 15 is 0 Å². The van der Waals surface area contributed by atoms with E-state index in [-0.39, 0.29) is 6.61 Å². The summed E-state index contributed by atoms with van der Waals surface area (Å²) in [5, 5.41) is 29.5. The molecule has 2 aromatic rings. The molecule has 4 N–H and O–H groups in total. The minimum atomic E-state index is -1.17. The Bertz CT molecular complexity index is 609. The number of halogens is 2. The van der Waals surface area contributed by atoms with E-state index in [0.717, 1.165) is 0 Å². The molecule has 20 heavy (non-hydrogen) atoms. The summed E-state index contributed by atoms with van der Waals surface area (Å²) in [6, 6.07) is 3.22. The van der Waals surface area contributed by atoms with Gasteiger partial charge in [-0.2, -0.15) is 0 Å². The highest BCUT2D eigenvalue weighted by Crippen LogP contribution is 2.34. The van der Waals surface area contributed by atoms with Gasteiger partial charge >= 0.3 is 0 Å². The van der Waals surface area contributed by atoms with Crippen LogP contribution in [-0.4, -0.2) is 50.2 Å². The van der Waals surface area contributed by atoms with Crippen molar-refractivity contribution in [3.8, 4) is 0 Å². The summed E-state index contributed by atoms with van der Waals surface area (Å²) in [5.74, 6) is 0.348. The number of benzene rings is 1. The first-order valence-electron chi connectivity index (χ1n) is 5.98. The molecule has 0 saturated carbocycles. The molecule has 1 aromatic carbocycles. The maximum absolute atomic E-state index is 9.95. The van der Waals surface area contributed by atoms with E-state index in [0.29, 0.717) is 26.9 Å². The van der Waals surface area contributed by atoms with Crippen molar-refractivity contribution in [3.63, 3.8) is 0 Å². The summed E-state index contributed by atoms with van der Waals surface area (Å²) in [5.41, 5.74) is 1.22. The number of imidazole rings is 1. The van der Waals surface area contributed by atoms with Crippen LogP contribution < -0.4 is 0 Å². The van der Waals surface area contributed by atoms with Crippen molar-refractivity contribution in [2.24, 2.45) is 0 Å². The minimum Gasteiger partial charge on any atom is -0.394 e.